The van der Waals surface area contributed by atoms with Gasteiger partial charge >= 0.3 is 0 Å². The first-order valence-electron chi connectivity index (χ1n) is 5.97. The highest BCUT2D eigenvalue weighted by Gasteiger charge is 2.12. The van der Waals surface area contributed by atoms with E-state index >= 15 is 0 Å². The predicted molar refractivity (Wildman–Crippen MR) is 76.6 cm³/mol. The minimum Gasteiger partial charge on any atom is -0.483 e. The second-order valence-corrected chi connectivity index (χ2v) is 5.05. The van der Waals surface area contributed by atoms with Crippen LogP contribution >= 0.6 is 11.3 Å². The smallest absolute Gasteiger partial charge is 0.255 e. The monoisotopic (exact) mass is 290 g/mol. The van der Waals surface area contributed by atoms with Crippen LogP contribution in [0.25, 0.3) is 0 Å². The van der Waals surface area contributed by atoms with Crippen molar-refractivity contribution in [1.29, 1.82) is 0 Å². The molecule has 6 heteroatoms. The van der Waals surface area contributed by atoms with E-state index in [1.807, 2.05) is 17.5 Å². The fourth-order valence-corrected chi connectivity index (χ4v) is 2.25. The number of hydrogen-bond donors (Lipinski definition) is 2. The summed E-state index contributed by atoms with van der Waals surface area (Å²) in [6, 6.07) is 10.6. The summed E-state index contributed by atoms with van der Waals surface area (Å²) in [6.45, 7) is 0.204. The molecule has 0 bridgehead atoms. The third-order valence-electron chi connectivity index (χ3n) is 2.50. The van der Waals surface area contributed by atoms with E-state index in [9.17, 15) is 9.59 Å². The highest BCUT2D eigenvalue weighted by atomic mass is 32.1. The van der Waals surface area contributed by atoms with Gasteiger partial charge < -0.3 is 15.8 Å². The van der Waals surface area contributed by atoms with Crippen molar-refractivity contribution in [1.82, 2.24) is 5.32 Å². The normalized spacial score (nSPS) is 10.0. The zero-order valence-electron chi connectivity index (χ0n) is 10.7. The van der Waals surface area contributed by atoms with Gasteiger partial charge in [0, 0.05) is 4.88 Å². The van der Waals surface area contributed by atoms with E-state index in [1.54, 1.807) is 35.6 Å². The summed E-state index contributed by atoms with van der Waals surface area (Å²) in [7, 11) is 0. The number of hydrogen-bond acceptors (Lipinski definition) is 4. The average molecular weight is 290 g/mol. The van der Waals surface area contributed by atoms with Gasteiger partial charge in [0.1, 0.15) is 5.75 Å². The summed E-state index contributed by atoms with van der Waals surface area (Å²) in [5, 5.41) is 4.75. The molecule has 0 saturated carbocycles. The maximum atomic E-state index is 12.1. The van der Waals surface area contributed by atoms with Gasteiger partial charge in [-0.3, -0.25) is 9.59 Å². The van der Waals surface area contributed by atoms with Gasteiger partial charge in [0.05, 0.1) is 12.1 Å². The fraction of sp³-hybridized carbons (Fsp3) is 0.143. The van der Waals surface area contributed by atoms with E-state index in [1.165, 1.54) is 0 Å². The van der Waals surface area contributed by atoms with Gasteiger partial charge in [0.2, 0.25) is 0 Å². The summed E-state index contributed by atoms with van der Waals surface area (Å²) in [5.41, 5.74) is 5.41. The molecule has 2 aromatic rings. The van der Waals surface area contributed by atoms with Crippen LogP contribution in [0.5, 0.6) is 5.75 Å². The Labute approximate surface area is 120 Å². The first kappa shape index (κ1) is 14.1. The van der Waals surface area contributed by atoms with Crippen LogP contribution in [0, 0.1) is 0 Å². The fourth-order valence-electron chi connectivity index (χ4n) is 1.60. The number of nitrogens with one attached hydrogen (secondary N) is 1. The van der Waals surface area contributed by atoms with E-state index in [4.69, 9.17) is 10.5 Å². The number of benzene rings is 1. The molecule has 20 heavy (non-hydrogen) atoms. The molecule has 0 spiro atoms. The molecule has 2 rings (SSSR count). The van der Waals surface area contributed by atoms with E-state index in [0.717, 1.165) is 4.88 Å². The average Bonchev–Trinajstić information content (AvgIpc) is 2.96. The Balaban J connectivity index is 2.03. The first-order valence-corrected chi connectivity index (χ1v) is 6.85. The maximum absolute atomic E-state index is 12.1. The zero-order chi connectivity index (χ0) is 14.4. The van der Waals surface area contributed by atoms with Gasteiger partial charge in [-0.1, -0.05) is 18.2 Å². The molecule has 3 N–H and O–H groups in total. The van der Waals surface area contributed by atoms with Gasteiger partial charge in [-0.05, 0) is 23.6 Å². The van der Waals surface area contributed by atoms with E-state index in [0.29, 0.717) is 17.9 Å². The van der Waals surface area contributed by atoms with Gasteiger partial charge in [0.25, 0.3) is 11.8 Å². The highest BCUT2D eigenvalue weighted by molar-refractivity contribution is 7.09. The van der Waals surface area contributed by atoms with Crippen LogP contribution in [0.2, 0.25) is 0 Å². The van der Waals surface area contributed by atoms with Crippen LogP contribution in [0.1, 0.15) is 15.2 Å². The predicted octanol–water partition coefficient (Wildman–Crippen LogP) is 1.54. The lowest BCUT2D eigenvalue weighted by atomic mass is 10.2. The molecule has 104 valence electrons. The molecule has 0 aliphatic rings. The molecule has 0 unspecified atom stereocenters. The number of ether oxygens (including phenoxy) is 1. The van der Waals surface area contributed by atoms with Crippen molar-refractivity contribution >= 4 is 23.2 Å². The van der Waals surface area contributed by atoms with Crippen LogP contribution in [0.3, 0.4) is 0 Å². The Kier molecular flexibility index (Phi) is 4.73. The third-order valence-corrected chi connectivity index (χ3v) is 3.38. The molecule has 1 aromatic heterocycles. The molecule has 0 aliphatic carbocycles. The number of thiophene rings is 1. The summed E-state index contributed by atoms with van der Waals surface area (Å²) >= 11 is 1.57. The Morgan fingerprint density at radius 1 is 1.20 bits per heavy atom. The number of amides is 2. The zero-order valence-corrected chi connectivity index (χ0v) is 11.5. The molecule has 1 aromatic carbocycles. The quantitative estimate of drug-likeness (QED) is 0.846. The van der Waals surface area contributed by atoms with Crippen LogP contribution in [0.15, 0.2) is 41.8 Å². The number of primary amides is 1. The van der Waals surface area contributed by atoms with Gasteiger partial charge in [-0.2, -0.15) is 0 Å². The summed E-state index contributed by atoms with van der Waals surface area (Å²) in [5.74, 6) is -0.493. The van der Waals surface area contributed by atoms with Crippen molar-refractivity contribution in [2.75, 3.05) is 6.61 Å². The molecular weight excluding hydrogens is 276 g/mol. The standard InChI is InChI=1S/C14H14N2O3S/c15-13(17)9-19-12-6-2-1-5-11(12)14(18)16-8-10-4-3-7-20-10/h1-7H,8-9H2,(H2,15,17)(H,16,18). The Morgan fingerprint density at radius 3 is 2.70 bits per heavy atom. The van der Waals surface area contributed by atoms with Crippen molar-refractivity contribution in [3.63, 3.8) is 0 Å². The number of para-hydroxylation sites is 1. The van der Waals surface area contributed by atoms with Crippen molar-refractivity contribution in [2.45, 2.75) is 6.54 Å². The summed E-state index contributed by atoms with van der Waals surface area (Å²) in [6.07, 6.45) is 0. The Morgan fingerprint density at radius 2 is 2.00 bits per heavy atom. The largest absolute Gasteiger partial charge is 0.483 e. The Bertz CT molecular complexity index is 596. The van der Waals surface area contributed by atoms with Crippen molar-refractivity contribution < 1.29 is 14.3 Å². The maximum Gasteiger partial charge on any atom is 0.255 e. The minimum absolute atomic E-state index is 0.251. The molecule has 0 saturated heterocycles. The van der Waals surface area contributed by atoms with Crippen LogP contribution < -0.4 is 15.8 Å². The molecule has 0 aliphatic heterocycles. The highest BCUT2D eigenvalue weighted by Crippen LogP contribution is 2.18. The number of rotatable bonds is 6. The van der Waals surface area contributed by atoms with E-state index < -0.39 is 5.91 Å². The SMILES string of the molecule is NC(=O)COc1ccccc1C(=O)NCc1cccs1. The van der Waals surface area contributed by atoms with Crippen LogP contribution in [-0.2, 0) is 11.3 Å². The topological polar surface area (TPSA) is 81.4 Å². The van der Waals surface area contributed by atoms with Gasteiger partial charge in [-0.25, -0.2) is 0 Å². The summed E-state index contributed by atoms with van der Waals surface area (Å²) < 4.78 is 5.22. The first-order chi connectivity index (χ1) is 9.66. The number of nitrogens with two attached hydrogens (primary N) is 1. The van der Waals surface area contributed by atoms with Gasteiger partial charge in [0.15, 0.2) is 6.61 Å². The summed E-state index contributed by atoms with van der Waals surface area (Å²) in [4.78, 5) is 23.9. The molecule has 5 nitrogen and oxygen atoms in total. The molecule has 0 atom stereocenters. The molecule has 0 fully saturated rings. The lowest BCUT2D eigenvalue weighted by molar-refractivity contribution is -0.119. The molecular formula is C14H14N2O3S. The molecule has 2 amide bonds. The molecule has 1 heterocycles. The minimum atomic E-state index is -0.584. The van der Waals surface area contributed by atoms with Crippen molar-refractivity contribution in [3.05, 3.63) is 52.2 Å². The van der Waals surface area contributed by atoms with E-state index in [2.05, 4.69) is 5.32 Å². The van der Waals surface area contributed by atoms with Crippen molar-refractivity contribution in [2.24, 2.45) is 5.73 Å². The van der Waals surface area contributed by atoms with Crippen LogP contribution in [-0.4, -0.2) is 18.4 Å². The van der Waals surface area contributed by atoms with Crippen LogP contribution in [0.4, 0.5) is 0 Å². The Hall–Kier alpha value is -2.34. The second-order valence-electron chi connectivity index (χ2n) is 4.01. The van der Waals surface area contributed by atoms with Crippen molar-refractivity contribution in [3.8, 4) is 5.75 Å². The molecule has 0 radical (unpaired) electrons. The number of carbonyl (C=O) groups excluding carboxylic acids is 2. The second kappa shape index (κ2) is 6.72. The van der Waals surface area contributed by atoms with E-state index in [-0.39, 0.29) is 12.5 Å². The third kappa shape index (κ3) is 3.83. The number of carbonyl (C=O) groups is 2. The van der Waals surface area contributed by atoms with Gasteiger partial charge in [-0.15, -0.1) is 11.3 Å². The lowest BCUT2D eigenvalue weighted by Gasteiger charge is -2.10. The lowest BCUT2D eigenvalue weighted by Crippen LogP contribution is -2.24.